The Morgan fingerprint density at radius 1 is 1.16 bits per heavy atom. The Hall–Kier alpha value is -0.780. The van der Waals surface area contributed by atoms with Crippen LogP contribution < -0.4 is 4.74 Å². The summed E-state index contributed by atoms with van der Waals surface area (Å²) < 4.78 is 32.0. The molecule has 0 bridgehead atoms. The van der Waals surface area contributed by atoms with Crippen molar-refractivity contribution in [3.05, 3.63) is 23.2 Å². The number of halogens is 1. The molecule has 106 valence electrons. The van der Waals surface area contributed by atoms with Crippen molar-refractivity contribution in [3.63, 3.8) is 0 Å². The van der Waals surface area contributed by atoms with Crippen molar-refractivity contribution in [2.75, 3.05) is 20.2 Å². The highest BCUT2D eigenvalue weighted by atomic mass is 35.5. The average Bonchev–Trinajstić information content (AvgIpc) is 2.68. The standard InChI is InChI=1S/C13H18ClNO3S/c1-18-12-7-6-11(14)10-13(12)19(16,17)15-8-4-2-3-5-9-15/h6-7,10H,2-5,8-9H2,1H3. The number of ether oxygens (including phenoxy) is 1. The molecule has 0 radical (unpaired) electrons. The van der Waals surface area contributed by atoms with Crippen LogP contribution in [-0.2, 0) is 10.0 Å². The second-order valence-electron chi connectivity index (χ2n) is 4.61. The van der Waals surface area contributed by atoms with Crippen molar-refractivity contribution in [1.29, 1.82) is 0 Å². The number of rotatable bonds is 3. The van der Waals surface area contributed by atoms with E-state index < -0.39 is 10.0 Å². The molecular weight excluding hydrogens is 286 g/mol. The van der Waals surface area contributed by atoms with Gasteiger partial charge in [-0.05, 0) is 31.0 Å². The van der Waals surface area contributed by atoms with E-state index in [2.05, 4.69) is 0 Å². The number of methoxy groups -OCH3 is 1. The van der Waals surface area contributed by atoms with Gasteiger partial charge < -0.3 is 4.74 Å². The maximum Gasteiger partial charge on any atom is 0.246 e. The van der Waals surface area contributed by atoms with E-state index in [1.165, 1.54) is 17.5 Å². The summed E-state index contributed by atoms with van der Waals surface area (Å²) in [6.07, 6.45) is 3.97. The predicted octanol–water partition coefficient (Wildman–Crippen LogP) is 2.91. The van der Waals surface area contributed by atoms with Gasteiger partial charge in [-0.2, -0.15) is 4.31 Å². The largest absolute Gasteiger partial charge is 0.495 e. The van der Waals surface area contributed by atoms with Gasteiger partial charge in [0.2, 0.25) is 10.0 Å². The highest BCUT2D eigenvalue weighted by molar-refractivity contribution is 7.89. The van der Waals surface area contributed by atoms with Crippen LogP contribution in [0.5, 0.6) is 5.75 Å². The number of nitrogens with zero attached hydrogens (tertiary/aromatic N) is 1. The molecule has 0 aromatic heterocycles. The monoisotopic (exact) mass is 303 g/mol. The van der Waals surface area contributed by atoms with Gasteiger partial charge in [0.25, 0.3) is 0 Å². The van der Waals surface area contributed by atoms with E-state index in [9.17, 15) is 8.42 Å². The predicted molar refractivity (Wildman–Crippen MR) is 75.2 cm³/mol. The fraction of sp³-hybridized carbons (Fsp3) is 0.538. The van der Waals surface area contributed by atoms with Gasteiger partial charge in [-0.15, -0.1) is 0 Å². The van der Waals surface area contributed by atoms with Crippen LogP contribution in [0.3, 0.4) is 0 Å². The summed E-state index contributed by atoms with van der Waals surface area (Å²) in [6.45, 7) is 1.13. The van der Waals surface area contributed by atoms with Crippen LogP contribution in [0.4, 0.5) is 0 Å². The number of benzene rings is 1. The molecule has 0 saturated carbocycles. The maximum absolute atomic E-state index is 12.7. The van der Waals surface area contributed by atoms with Crippen molar-refractivity contribution in [2.45, 2.75) is 30.6 Å². The molecule has 6 heteroatoms. The van der Waals surface area contributed by atoms with Crippen LogP contribution in [0.15, 0.2) is 23.1 Å². The summed E-state index contributed by atoms with van der Waals surface area (Å²) in [6, 6.07) is 4.68. The molecule has 2 rings (SSSR count). The Bertz CT molecular complexity index is 537. The fourth-order valence-corrected chi connectivity index (χ4v) is 4.21. The Morgan fingerprint density at radius 2 is 1.79 bits per heavy atom. The summed E-state index contributed by atoms with van der Waals surface area (Å²) in [5, 5.41) is 0.397. The average molecular weight is 304 g/mol. The van der Waals surface area contributed by atoms with E-state index in [1.54, 1.807) is 12.1 Å². The minimum Gasteiger partial charge on any atom is -0.495 e. The zero-order valence-electron chi connectivity index (χ0n) is 10.9. The zero-order chi connectivity index (χ0) is 13.9. The highest BCUT2D eigenvalue weighted by Gasteiger charge is 2.28. The van der Waals surface area contributed by atoms with Crippen molar-refractivity contribution < 1.29 is 13.2 Å². The van der Waals surface area contributed by atoms with Crippen molar-refractivity contribution in [1.82, 2.24) is 4.31 Å². The van der Waals surface area contributed by atoms with Gasteiger partial charge in [-0.3, -0.25) is 0 Å². The molecule has 0 spiro atoms. The van der Waals surface area contributed by atoms with Crippen LogP contribution >= 0.6 is 11.6 Å². The van der Waals surface area contributed by atoms with Gasteiger partial charge >= 0.3 is 0 Å². The van der Waals surface area contributed by atoms with Gasteiger partial charge in [0.05, 0.1) is 7.11 Å². The van der Waals surface area contributed by atoms with Crippen LogP contribution in [0.25, 0.3) is 0 Å². The third-order valence-electron chi connectivity index (χ3n) is 3.31. The first kappa shape index (κ1) is 14.6. The molecule has 0 N–H and O–H groups in total. The topological polar surface area (TPSA) is 46.6 Å². The van der Waals surface area contributed by atoms with Crippen molar-refractivity contribution >= 4 is 21.6 Å². The molecule has 1 aliphatic heterocycles. The molecule has 0 unspecified atom stereocenters. The van der Waals surface area contributed by atoms with Crippen molar-refractivity contribution in [2.24, 2.45) is 0 Å². The lowest BCUT2D eigenvalue weighted by Crippen LogP contribution is -2.32. The van der Waals surface area contributed by atoms with Crippen molar-refractivity contribution in [3.8, 4) is 5.75 Å². The molecule has 1 aromatic rings. The fourth-order valence-electron chi connectivity index (χ4n) is 2.27. The molecule has 0 atom stereocenters. The second kappa shape index (κ2) is 6.11. The third-order valence-corrected chi connectivity index (χ3v) is 5.46. The van der Waals surface area contributed by atoms with E-state index in [-0.39, 0.29) is 4.90 Å². The SMILES string of the molecule is COc1ccc(Cl)cc1S(=O)(=O)N1CCCCCC1. The molecule has 1 aromatic carbocycles. The molecule has 1 heterocycles. The normalized spacial score (nSPS) is 18.0. The van der Waals surface area contributed by atoms with Crippen LogP contribution in [0, 0.1) is 0 Å². The first-order valence-corrected chi connectivity index (χ1v) is 8.21. The Kier molecular flexibility index (Phi) is 4.71. The maximum atomic E-state index is 12.7. The van der Waals surface area contributed by atoms with E-state index in [1.807, 2.05) is 0 Å². The summed E-state index contributed by atoms with van der Waals surface area (Å²) in [4.78, 5) is 0.157. The lowest BCUT2D eigenvalue weighted by molar-refractivity contribution is 0.391. The van der Waals surface area contributed by atoms with Gasteiger partial charge in [-0.1, -0.05) is 24.4 Å². The van der Waals surface area contributed by atoms with Gasteiger partial charge in [0.15, 0.2) is 0 Å². The van der Waals surface area contributed by atoms with E-state index in [0.717, 1.165) is 25.7 Å². The molecule has 0 aliphatic carbocycles. The first-order valence-electron chi connectivity index (χ1n) is 6.39. The number of hydrogen-bond acceptors (Lipinski definition) is 3. The molecule has 1 aliphatic rings. The minimum atomic E-state index is -3.53. The second-order valence-corrected chi connectivity index (χ2v) is 6.96. The van der Waals surface area contributed by atoms with E-state index in [4.69, 9.17) is 16.3 Å². The Labute approximate surface area is 119 Å². The molecule has 1 fully saturated rings. The Morgan fingerprint density at radius 3 is 2.37 bits per heavy atom. The lowest BCUT2D eigenvalue weighted by Gasteiger charge is -2.21. The smallest absolute Gasteiger partial charge is 0.246 e. The highest BCUT2D eigenvalue weighted by Crippen LogP contribution is 2.30. The molecular formula is C13H18ClNO3S. The summed E-state index contributed by atoms with van der Waals surface area (Å²) in [7, 11) is -2.06. The van der Waals surface area contributed by atoms with Gasteiger partial charge in [0, 0.05) is 18.1 Å². The van der Waals surface area contributed by atoms with Gasteiger partial charge in [0.1, 0.15) is 10.6 Å². The number of hydrogen-bond donors (Lipinski definition) is 0. The Balaban J connectivity index is 2.40. The van der Waals surface area contributed by atoms with Crippen LogP contribution in [0.2, 0.25) is 5.02 Å². The third kappa shape index (κ3) is 3.22. The molecule has 4 nitrogen and oxygen atoms in total. The lowest BCUT2D eigenvalue weighted by atomic mass is 10.2. The van der Waals surface area contributed by atoms with E-state index in [0.29, 0.717) is 23.9 Å². The molecule has 1 saturated heterocycles. The molecule has 19 heavy (non-hydrogen) atoms. The zero-order valence-corrected chi connectivity index (χ0v) is 12.5. The summed E-state index contributed by atoms with van der Waals surface area (Å²) in [5.41, 5.74) is 0. The van der Waals surface area contributed by atoms with Crippen LogP contribution in [-0.4, -0.2) is 32.9 Å². The van der Waals surface area contributed by atoms with E-state index >= 15 is 0 Å². The quantitative estimate of drug-likeness (QED) is 0.862. The van der Waals surface area contributed by atoms with Crippen LogP contribution in [0.1, 0.15) is 25.7 Å². The van der Waals surface area contributed by atoms with Gasteiger partial charge in [-0.25, -0.2) is 8.42 Å². The minimum absolute atomic E-state index is 0.157. The summed E-state index contributed by atoms with van der Waals surface area (Å²) >= 11 is 5.91. The number of sulfonamides is 1. The summed E-state index contributed by atoms with van der Waals surface area (Å²) in [5.74, 6) is 0.341. The first-order chi connectivity index (χ1) is 9.05. The molecule has 0 amide bonds.